The summed E-state index contributed by atoms with van der Waals surface area (Å²) in [7, 11) is 0. The highest BCUT2D eigenvalue weighted by molar-refractivity contribution is 5.89. The Labute approximate surface area is 172 Å². The molecule has 4 heteroatoms. The van der Waals surface area contributed by atoms with E-state index in [4.69, 9.17) is 4.74 Å². The van der Waals surface area contributed by atoms with Gasteiger partial charge in [0.05, 0.1) is 0 Å². The summed E-state index contributed by atoms with van der Waals surface area (Å²) >= 11 is 0. The van der Waals surface area contributed by atoms with E-state index in [1.54, 1.807) is 6.92 Å². The predicted molar refractivity (Wildman–Crippen MR) is 119 cm³/mol. The molecule has 3 aromatic rings. The van der Waals surface area contributed by atoms with Crippen LogP contribution in [0.1, 0.15) is 25.3 Å². The maximum Gasteiger partial charge on any atom is 0.260 e. The van der Waals surface area contributed by atoms with Crippen molar-refractivity contribution in [2.75, 3.05) is 24.5 Å². The fourth-order valence-electron chi connectivity index (χ4n) is 4.01. The van der Waals surface area contributed by atoms with Crippen LogP contribution < -0.4 is 15.0 Å². The number of carbonyl (C=O) groups excluding carboxylic acids is 1. The summed E-state index contributed by atoms with van der Waals surface area (Å²) in [6, 6.07) is 22.6. The second kappa shape index (κ2) is 8.99. The fraction of sp³-hybridized carbons (Fsp3) is 0.320. The van der Waals surface area contributed by atoms with E-state index in [1.807, 2.05) is 42.5 Å². The van der Waals surface area contributed by atoms with Gasteiger partial charge in [0.1, 0.15) is 5.75 Å². The maximum atomic E-state index is 12.5. The number of rotatable bonds is 7. The molecule has 0 aliphatic carbocycles. The SMILES string of the molecule is C[C@H](Oc1cccc2ccccc12)C(=O)NCCCN1CCCc2ccccc21. The molecule has 150 valence electrons. The van der Waals surface area contributed by atoms with Crippen molar-refractivity contribution >= 4 is 22.4 Å². The molecule has 0 aromatic heterocycles. The Balaban J connectivity index is 1.27. The van der Waals surface area contributed by atoms with Gasteiger partial charge >= 0.3 is 0 Å². The minimum atomic E-state index is -0.531. The number of hydrogen-bond acceptors (Lipinski definition) is 3. The van der Waals surface area contributed by atoms with Crippen molar-refractivity contribution in [3.8, 4) is 5.75 Å². The number of hydrogen-bond donors (Lipinski definition) is 1. The Morgan fingerprint density at radius 1 is 1.07 bits per heavy atom. The Morgan fingerprint density at radius 3 is 2.79 bits per heavy atom. The van der Waals surface area contributed by atoms with Crippen LogP contribution in [0, 0.1) is 0 Å². The molecule has 1 heterocycles. The van der Waals surface area contributed by atoms with E-state index in [0.29, 0.717) is 6.54 Å². The van der Waals surface area contributed by atoms with Crippen molar-refractivity contribution in [2.45, 2.75) is 32.3 Å². The van der Waals surface area contributed by atoms with Gasteiger partial charge in [-0.05, 0) is 49.3 Å². The van der Waals surface area contributed by atoms with Crippen LogP contribution in [-0.4, -0.2) is 31.6 Å². The van der Waals surface area contributed by atoms with E-state index in [1.165, 1.54) is 17.7 Å². The van der Waals surface area contributed by atoms with E-state index < -0.39 is 6.10 Å². The summed E-state index contributed by atoms with van der Waals surface area (Å²) in [6.07, 6.45) is 2.74. The molecule has 0 fully saturated rings. The van der Waals surface area contributed by atoms with Gasteiger partial charge in [-0.15, -0.1) is 0 Å². The highest BCUT2D eigenvalue weighted by Gasteiger charge is 2.17. The lowest BCUT2D eigenvalue weighted by Crippen LogP contribution is -2.38. The lowest BCUT2D eigenvalue weighted by molar-refractivity contribution is -0.127. The second-order valence-electron chi connectivity index (χ2n) is 7.60. The van der Waals surface area contributed by atoms with E-state index in [-0.39, 0.29) is 5.91 Å². The quantitative estimate of drug-likeness (QED) is 0.603. The highest BCUT2D eigenvalue weighted by Crippen LogP contribution is 2.27. The Bertz CT molecular complexity index is 980. The van der Waals surface area contributed by atoms with Crippen LogP contribution >= 0.6 is 0 Å². The zero-order valence-electron chi connectivity index (χ0n) is 16.9. The van der Waals surface area contributed by atoms with Crippen LogP contribution in [0.5, 0.6) is 5.75 Å². The van der Waals surface area contributed by atoms with Gasteiger partial charge in [0.15, 0.2) is 6.10 Å². The third-order valence-corrected chi connectivity index (χ3v) is 5.53. The van der Waals surface area contributed by atoms with Gasteiger partial charge in [-0.25, -0.2) is 0 Å². The first kappa shape index (κ1) is 19.3. The van der Waals surface area contributed by atoms with Crippen LogP contribution in [0.15, 0.2) is 66.7 Å². The van der Waals surface area contributed by atoms with Crippen molar-refractivity contribution in [3.05, 3.63) is 72.3 Å². The first-order valence-corrected chi connectivity index (χ1v) is 10.5. The summed E-state index contributed by atoms with van der Waals surface area (Å²) in [6.45, 7) is 4.50. The summed E-state index contributed by atoms with van der Waals surface area (Å²) in [5.74, 6) is 0.674. The van der Waals surface area contributed by atoms with Crippen LogP contribution in [0.4, 0.5) is 5.69 Å². The summed E-state index contributed by atoms with van der Waals surface area (Å²) < 4.78 is 5.96. The van der Waals surface area contributed by atoms with Crippen LogP contribution in [0.2, 0.25) is 0 Å². The molecule has 1 aliphatic heterocycles. The van der Waals surface area contributed by atoms with E-state index >= 15 is 0 Å². The van der Waals surface area contributed by atoms with Gasteiger partial charge in [0.25, 0.3) is 5.91 Å². The van der Waals surface area contributed by atoms with Gasteiger partial charge in [0, 0.05) is 30.7 Å². The summed E-state index contributed by atoms with van der Waals surface area (Å²) in [5, 5.41) is 5.16. The lowest BCUT2D eigenvalue weighted by Gasteiger charge is -2.31. The smallest absolute Gasteiger partial charge is 0.260 e. The van der Waals surface area contributed by atoms with Crippen molar-refractivity contribution in [1.82, 2.24) is 5.32 Å². The molecule has 0 bridgehead atoms. The van der Waals surface area contributed by atoms with Gasteiger partial charge in [-0.3, -0.25) is 4.79 Å². The molecule has 3 aromatic carbocycles. The topological polar surface area (TPSA) is 41.6 Å². The number of benzene rings is 3. The van der Waals surface area contributed by atoms with Crippen LogP contribution in [0.25, 0.3) is 10.8 Å². The summed E-state index contributed by atoms with van der Waals surface area (Å²) in [5.41, 5.74) is 2.78. The second-order valence-corrected chi connectivity index (χ2v) is 7.60. The number of aryl methyl sites for hydroxylation is 1. The minimum absolute atomic E-state index is 0.0722. The summed E-state index contributed by atoms with van der Waals surface area (Å²) in [4.78, 5) is 14.9. The van der Waals surface area contributed by atoms with Crippen LogP contribution in [-0.2, 0) is 11.2 Å². The van der Waals surface area contributed by atoms with Crippen LogP contribution in [0.3, 0.4) is 0 Å². The van der Waals surface area contributed by atoms with Gasteiger partial charge in [-0.1, -0.05) is 54.6 Å². The largest absolute Gasteiger partial charge is 0.480 e. The normalized spacial score (nSPS) is 14.3. The molecule has 1 N–H and O–H groups in total. The molecule has 4 rings (SSSR count). The number of nitrogens with one attached hydrogen (secondary N) is 1. The van der Waals surface area contributed by atoms with Gasteiger partial charge < -0.3 is 15.0 Å². The number of para-hydroxylation sites is 1. The number of nitrogens with zero attached hydrogens (tertiary/aromatic N) is 1. The van der Waals surface area contributed by atoms with E-state index in [0.717, 1.165) is 42.5 Å². The number of amides is 1. The third-order valence-electron chi connectivity index (χ3n) is 5.53. The molecule has 0 saturated carbocycles. The Hall–Kier alpha value is -3.01. The molecule has 0 saturated heterocycles. The minimum Gasteiger partial charge on any atom is -0.480 e. The third kappa shape index (κ3) is 4.53. The van der Waals surface area contributed by atoms with Gasteiger partial charge in [-0.2, -0.15) is 0 Å². The Kier molecular flexibility index (Phi) is 5.99. The van der Waals surface area contributed by atoms with Crippen molar-refractivity contribution in [3.63, 3.8) is 0 Å². The first-order chi connectivity index (χ1) is 14.2. The van der Waals surface area contributed by atoms with Gasteiger partial charge in [0.2, 0.25) is 0 Å². The molecular formula is C25H28N2O2. The van der Waals surface area contributed by atoms with Crippen molar-refractivity contribution < 1.29 is 9.53 Å². The zero-order valence-corrected chi connectivity index (χ0v) is 16.9. The number of fused-ring (bicyclic) bond motifs is 2. The average molecular weight is 389 g/mol. The number of anilines is 1. The maximum absolute atomic E-state index is 12.5. The molecule has 1 atom stereocenters. The average Bonchev–Trinajstić information content (AvgIpc) is 2.77. The molecule has 0 spiro atoms. The zero-order chi connectivity index (χ0) is 20.1. The van der Waals surface area contributed by atoms with E-state index in [2.05, 4.69) is 34.5 Å². The monoisotopic (exact) mass is 388 g/mol. The lowest BCUT2D eigenvalue weighted by atomic mass is 10.0. The number of ether oxygens (including phenoxy) is 1. The molecule has 0 unspecified atom stereocenters. The molecular weight excluding hydrogens is 360 g/mol. The molecule has 4 nitrogen and oxygen atoms in total. The standard InChI is InChI=1S/C25H28N2O2/c1-19(29-24-15-6-11-20-9-2-4-13-22(20)24)25(28)26-16-8-18-27-17-7-12-21-10-3-5-14-23(21)27/h2-6,9-11,13-15,19H,7-8,12,16-18H2,1H3,(H,26,28)/t19-/m0/s1. The fourth-order valence-corrected chi connectivity index (χ4v) is 4.01. The molecule has 1 amide bonds. The molecule has 0 radical (unpaired) electrons. The number of carbonyl (C=O) groups is 1. The molecule has 1 aliphatic rings. The molecule has 29 heavy (non-hydrogen) atoms. The predicted octanol–water partition coefficient (Wildman–Crippen LogP) is 4.57. The highest BCUT2D eigenvalue weighted by atomic mass is 16.5. The Morgan fingerprint density at radius 2 is 1.86 bits per heavy atom. The van der Waals surface area contributed by atoms with Crippen molar-refractivity contribution in [1.29, 1.82) is 0 Å². The first-order valence-electron chi connectivity index (χ1n) is 10.5. The van der Waals surface area contributed by atoms with E-state index in [9.17, 15) is 4.79 Å². The van der Waals surface area contributed by atoms with Crippen molar-refractivity contribution in [2.24, 2.45) is 0 Å².